The predicted octanol–water partition coefficient (Wildman–Crippen LogP) is 2.91. The number of anilines is 1. The van der Waals surface area contributed by atoms with Crippen molar-refractivity contribution < 1.29 is 18.1 Å². The van der Waals surface area contributed by atoms with E-state index in [1.54, 1.807) is 18.7 Å². The molecule has 0 spiro atoms. The molecule has 1 heterocycles. The van der Waals surface area contributed by atoms with E-state index in [0.717, 1.165) is 11.6 Å². The SMILES string of the molecule is CCN(CC)S(=O)(=O)c1ccc(N2CCN(C(=O)CCc3ccccc3)CC2)c([N+](=O)[O-])c1. The fraction of sp³-hybridized carbons (Fsp3) is 0.435. The topological polar surface area (TPSA) is 104 Å². The lowest BCUT2D eigenvalue weighted by Crippen LogP contribution is -2.49. The highest BCUT2D eigenvalue weighted by Gasteiger charge is 2.29. The monoisotopic (exact) mass is 474 g/mol. The van der Waals surface area contributed by atoms with E-state index in [4.69, 9.17) is 0 Å². The largest absolute Gasteiger partial charge is 0.362 e. The van der Waals surface area contributed by atoms with Gasteiger partial charge in [-0.05, 0) is 24.1 Å². The first-order valence-corrected chi connectivity index (χ1v) is 12.6. The number of nitro groups is 1. The summed E-state index contributed by atoms with van der Waals surface area (Å²) in [6.07, 6.45) is 1.09. The van der Waals surface area contributed by atoms with Crippen molar-refractivity contribution in [3.05, 3.63) is 64.2 Å². The van der Waals surface area contributed by atoms with Gasteiger partial charge >= 0.3 is 0 Å². The van der Waals surface area contributed by atoms with Crippen molar-refractivity contribution in [1.82, 2.24) is 9.21 Å². The van der Waals surface area contributed by atoms with Gasteiger partial charge in [-0.2, -0.15) is 4.31 Å². The van der Waals surface area contributed by atoms with Gasteiger partial charge in [-0.3, -0.25) is 14.9 Å². The van der Waals surface area contributed by atoms with Crippen LogP contribution in [0.25, 0.3) is 0 Å². The highest BCUT2D eigenvalue weighted by molar-refractivity contribution is 7.89. The van der Waals surface area contributed by atoms with E-state index in [1.165, 1.54) is 16.4 Å². The highest BCUT2D eigenvalue weighted by atomic mass is 32.2. The van der Waals surface area contributed by atoms with E-state index in [1.807, 2.05) is 35.2 Å². The molecule has 3 rings (SSSR count). The van der Waals surface area contributed by atoms with Gasteiger partial charge in [-0.1, -0.05) is 44.2 Å². The smallest absolute Gasteiger partial charge is 0.293 e. The summed E-state index contributed by atoms with van der Waals surface area (Å²) in [7, 11) is -3.80. The lowest BCUT2D eigenvalue weighted by atomic mass is 10.1. The number of amides is 1. The summed E-state index contributed by atoms with van der Waals surface area (Å²) in [6.45, 7) is 5.84. The van der Waals surface area contributed by atoms with Gasteiger partial charge in [0.25, 0.3) is 5.69 Å². The van der Waals surface area contributed by atoms with Gasteiger partial charge in [0.1, 0.15) is 5.69 Å². The Kier molecular flexibility index (Phi) is 8.04. The van der Waals surface area contributed by atoms with Gasteiger partial charge in [0.2, 0.25) is 15.9 Å². The second kappa shape index (κ2) is 10.8. The fourth-order valence-corrected chi connectivity index (χ4v) is 5.52. The number of rotatable bonds is 9. The van der Waals surface area contributed by atoms with Crippen LogP contribution in [-0.2, 0) is 21.2 Å². The Labute approximate surface area is 194 Å². The maximum Gasteiger partial charge on any atom is 0.293 e. The van der Waals surface area contributed by atoms with Crippen LogP contribution in [0.4, 0.5) is 11.4 Å². The number of nitrogens with zero attached hydrogens (tertiary/aromatic N) is 4. The lowest BCUT2D eigenvalue weighted by Gasteiger charge is -2.36. The minimum atomic E-state index is -3.80. The quantitative estimate of drug-likeness (QED) is 0.409. The molecule has 2 aromatic rings. The molecule has 178 valence electrons. The molecule has 0 atom stereocenters. The Morgan fingerprint density at radius 3 is 2.24 bits per heavy atom. The molecule has 0 aromatic heterocycles. The first-order chi connectivity index (χ1) is 15.8. The number of hydrogen-bond acceptors (Lipinski definition) is 6. The highest BCUT2D eigenvalue weighted by Crippen LogP contribution is 2.32. The van der Waals surface area contributed by atoms with Gasteiger partial charge in [0, 0.05) is 51.8 Å². The molecule has 1 amide bonds. The van der Waals surface area contributed by atoms with Gasteiger partial charge in [0.15, 0.2) is 0 Å². The van der Waals surface area contributed by atoms with Crippen LogP contribution in [0.2, 0.25) is 0 Å². The minimum Gasteiger partial charge on any atom is -0.362 e. The fourth-order valence-electron chi connectivity index (χ4n) is 4.04. The normalized spacial score (nSPS) is 14.5. The summed E-state index contributed by atoms with van der Waals surface area (Å²) < 4.78 is 26.8. The zero-order valence-electron chi connectivity index (χ0n) is 19.0. The molecule has 10 heteroatoms. The van der Waals surface area contributed by atoms with E-state index in [0.29, 0.717) is 44.7 Å². The summed E-state index contributed by atoms with van der Waals surface area (Å²) in [6, 6.07) is 13.9. The Morgan fingerprint density at radius 1 is 1.03 bits per heavy atom. The molecule has 2 aromatic carbocycles. The summed E-state index contributed by atoms with van der Waals surface area (Å²) in [4.78, 5) is 27.3. The third-order valence-electron chi connectivity index (χ3n) is 5.93. The average molecular weight is 475 g/mol. The average Bonchev–Trinajstić information content (AvgIpc) is 2.83. The van der Waals surface area contributed by atoms with Crippen molar-refractivity contribution in [2.24, 2.45) is 0 Å². The molecular weight excluding hydrogens is 444 g/mol. The van der Waals surface area contributed by atoms with Gasteiger partial charge < -0.3 is 9.80 Å². The zero-order valence-corrected chi connectivity index (χ0v) is 19.8. The molecule has 1 saturated heterocycles. The Bertz CT molecular complexity index is 1080. The molecule has 1 aliphatic rings. The molecule has 0 bridgehead atoms. The molecular formula is C23H30N4O5S. The number of aryl methyl sites for hydroxylation is 1. The van der Waals surface area contributed by atoms with Crippen molar-refractivity contribution in [2.75, 3.05) is 44.2 Å². The third-order valence-corrected chi connectivity index (χ3v) is 7.98. The number of carbonyl (C=O) groups excluding carboxylic acids is 1. The summed E-state index contributed by atoms with van der Waals surface area (Å²) >= 11 is 0. The van der Waals surface area contributed by atoms with E-state index in [9.17, 15) is 23.3 Å². The zero-order chi connectivity index (χ0) is 24.0. The maximum atomic E-state index is 12.8. The number of piperazine rings is 1. The van der Waals surface area contributed by atoms with Crippen LogP contribution in [-0.4, -0.2) is 67.7 Å². The van der Waals surface area contributed by atoms with E-state index < -0.39 is 14.9 Å². The lowest BCUT2D eigenvalue weighted by molar-refractivity contribution is -0.384. The number of sulfonamides is 1. The second-order valence-corrected chi connectivity index (χ2v) is 9.79. The molecule has 0 unspecified atom stereocenters. The first kappa shape index (κ1) is 24.7. The van der Waals surface area contributed by atoms with Crippen molar-refractivity contribution in [3.63, 3.8) is 0 Å². The molecule has 0 aliphatic carbocycles. The molecule has 0 saturated carbocycles. The van der Waals surface area contributed by atoms with E-state index in [-0.39, 0.29) is 29.6 Å². The van der Waals surface area contributed by atoms with E-state index in [2.05, 4.69) is 0 Å². The summed E-state index contributed by atoms with van der Waals surface area (Å²) in [5.74, 6) is 0.0636. The third kappa shape index (κ3) is 5.69. The molecule has 9 nitrogen and oxygen atoms in total. The number of hydrogen-bond donors (Lipinski definition) is 0. The van der Waals surface area contributed by atoms with Crippen LogP contribution >= 0.6 is 0 Å². The van der Waals surface area contributed by atoms with Crippen molar-refractivity contribution >= 4 is 27.3 Å². The van der Waals surface area contributed by atoms with Gasteiger partial charge in [-0.15, -0.1) is 0 Å². The molecule has 1 fully saturated rings. The number of carbonyl (C=O) groups is 1. The number of nitro benzene ring substituents is 1. The van der Waals surface area contributed by atoms with Crippen LogP contribution in [0.1, 0.15) is 25.8 Å². The number of benzene rings is 2. The van der Waals surface area contributed by atoms with Crippen LogP contribution in [0, 0.1) is 10.1 Å². The van der Waals surface area contributed by atoms with Crippen molar-refractivity contribution in [2.45, 2.75) is 31.6 Å². The Hall–Kier alpha value is -2.98. The first-order valence-electron chi connectivity index (χ1n) is 11.1. The van der Waals surface area contributed by atoms with Gasteiger partial charge in [0.05, 0.1) is 9.82 Å². The van der Waals surface area contributed by atoms with Crippen molar-refractivity contribution in [3.8, 4) is 0 Å². The summed E-state index contributed by atoms with van der Waals surface area (Å²) in [5, 5.41) is 11.8. The second-order valence-electron chi connectivity index (χ2n) is 7.85. The molecule has 1 aliphatic heterocycles. The summed E-state index contributed by atoms with van der Waals surface area (Å²) in [5.41, 5.74) is 1.24. The van der Waals surface area contributed by atoms with Crippen LogP contribution in [0.5, 0.6) is 0 Å². The molecule has 0 radical (unpaired) electrons. The van der Waals surface area contributed by atoms with Gasteiger partial charge in [-0.25, -0.2) is 8.42 Å². The standard InChI is InChI=1S/C23H30N4O5S/c1-3-26(4-2)33(31,32)20-11-12-21(22(18-20)27(29)30)24-14-16-25(17-15-24)23(28)13-10-19-8-6-5-7-9-19/h5-9,11-12,18H,3-4,10,13-17H2,1-2H3. The minimum absolute atomic E-state index is 0.0636. The van der Waals surface area contributed by atoms with E-state index >= 15 is 0 Å². The van der Waals surface area contributed by atoms with Crippen LogP contribution in [0.15, 0.2) is 53.4 Å². The molecule has 0 N–H and O–H groups in total. The maximum absolute atomic E-state index is 12.8. The predicted molar refractivity (Wildman–Crippen MR) is 127 cm³/mol. The Morgan fingerprint density at radius 2 is 1.67 bits per heavy atom. The Balaban J connectivity index is 1.69. The van der Waals surface area contributed by atoms with Crippen LogP contribution < -0.4 is 4.90 Å². The molecule has 33 heavy (non-hydrogen) atoms. The van der Waals surface area contributed by atoms with Crippen molar-refractivity contribution in [1.29, 1.82) is 0 Å². The van der Waals surface area contributed by atoms with Crippen LogP contribution in [0.3, 0.4) is 0 Å².